The standard InChI is InChI=1S/C21H19ClN2O/c22-20-19(12-7-14-23-20)21(25)24(16-18-10-5-2-6-11-18)15-13-17-8-3-1-4-9-17/h1-12,14H,13,15-16H2. The van der Waals surface area contributed by atoms with Crippen LogP contribution in [0.1, 0.15) is 21.5 Å². The first-order valence-electron chi connectivity index (χ1n) is 8.21. The van der Waals surface area contributed by atoms with Crippen molar-refractivity contribution in [3.05, 3.63) is 101 Å². The smallest absolute Gasteiger partial charge is 0.257 e. The summed E-state index contributed by atoms with van der Waals surface area (Å²) >= 11 is 6.12. The highest BCUT2D eigenvalue weighted by atomic mass is 35.5. The summed E-state index contributed by atoms with van der Waals surface area (Å²) in [5.74, 6) is -0.0992. The Morgan fingerprint density at radius 1 is 0.880 bits per heavy atom. The lowest BCUT2D eigenvalue weighted by Crippen LogP contribution is -2.32. The normalized spacial score (nSPS) is 10.4. The Morgan fingerprint density at radius 3 is 2.16 bits per heavy atom. The van der Waals surface area contributed by atoms with Crippen molar-refractivity contribution in [3.8, 4) is 0 Å². The maximum atomic E-state index is 13.0. The lowest BCUT2D eigenvalue weighted by molar-refractivity contribution is 0.0745. The van der Waals surface area contributed by atoms with Crippen molar-refractivity contribution in [1.29, 1.82) is 0 Å². The van der Waals surface area contributed by atoms with Gasteiger partial charge in [-0.1, -0.05) is 72.3 Å². The quantitative estimate of drug-likeness (QED) is 0.608. The van der Waals surface area contributed by atoms with Crippen LogP contribution in [0.4, 0.5) is 0 Å². The van der Waals surface area contributed by atoms with Crippen LogP contribution in [0.3, 0.4) is 0 Å². The van der Waals surface area contributed by atoms with Crippen LogP contribution < -0.4 is 0 Å². The first-order chi connectivity index (χ1) is 12.2. The number of rotatable bonds is 6. The van der Waals surface area contributed by atoms with Crippen molar-refractivity contribution < 1.29 is 4.79 Å². The number of aromatic nitrogens is 1. The third-order valence-electron chi connectivity index (χ3n) is 4.01. The minimum absolute atomic E-state index is 0.0992. The van der Waals surface area contributed by atoms with E-state index in [0.29, 0.717) is 18.7 Å². The lowest BCUT2D eigenvalue weighted by Gasteiger charge is -2.23. The van der Waals surface area contributed by atoms with Gasteiger partial charge in [-0.05, 0) is 29.7 Å². The molecule has 3 rings (SSSR count). The van der Waals surface area contributed by atoms with Gasteiger partial charge < -0.3 is 4.90 Å². The van der Waals surface area contributed by atoms with Crippen LogP contribution in [-0.2, 0) is 13.0 Å². The molecule has 126 valence electrons. The molecule has 0 radical (unpaired) electrons. The fourth-order valence-corrected chi connectivity index (χ4v) is 2.88. The van der Waals surface area contributed by atoms with E-state index in [2.05, 4.69) is 17.1 Å². The van der Waals surface area contributed by atoms with E-state index in [4.69, 9.17) is 11.6 Å². The highest BCUT2D eigenvalue weighted by Gasteiger charge is 2.19. The van der Waals surface area contributed by atoms with Crippen LogP contribution in [0, 0.1) is 0 Å². The Bertz CT molecular complexity index is 822. The second-order valence-electron chi connectivity index (χ2n) is 5.79. The number of hydrogen-bond donors (Lipinski definition) is 0. The zero-order valence-electron chi connectivity index (χ0n) is 13.8. The molecule has 2 aromatic carbocycles. The van der Waals surface area contributed by atoms with Crippen molar-refractivity contribution in [2.45, 2.75) is 13.0 Å². The lowest BCUT2D eigenvalue weighted by atomic mass is 10.1. The van der Waals surface area contributed by atoms with Crippen molar-refractivity contribution in [3.63, 3.8) is 0 Å². The van der Waals surface area contributed by atoms with Gasteiger partial charge in [-0.15, -0.1) is 0 Å². The molecule has 0 unspecified atom stereocenters. The molecule has 0 saturated heterocycles. The number of amides is 1. The van der Waals surface area contributed by atoms with Crippen molar-refractivity contribution in [1.82, 2.24) is 9.88 Å². The minimum Gasteiger partial charge on any atom is -0.334 e. The molecule has 0 aliphatic rings. The maximum Gasteiger partial charge on any atom is 0.257 e. The molecule has 1 amide bonds. The summed E-state index contributed by atoms with van der Waals surface area (Å²) in [7, 11) is 0. The molecule has 0 spiro atoms. The average Bonchev–Trinajstić information content (AvgIpc) is 2.66. The predicted octanol–water partition coefficient (Wildman–Crippen LogP) is 4.62. The van der Waals surface area contributed by atoms with Gasteiger partial charge >= 0.3 is 0 Å². The maximum absolute atomic E-state index is 13.0. The zero-order valence-corrected chi connectivity index (χ0v) is 14.6. The topological polar surface area (TPSA) is 33.2 Å². The first kappa shape index (κ1) is 17.2. The summed E-state index contributed by atoms with van der Waals surface area (Å²) in [5.41, 5.74) is 2.72. The summed E-state index contributed by atoms with van der Waals surface area (Å²) in [4.78, 5) is 18.8. The number of benzene rings is 2. The summed E-state index contributed by atoms with van der Waals surface area (Å²) in [6.45, 7) is 1.15. The molecule has 0 saturated carbocycles. The van der Waals surface area contributed by atoms with Crippen molar-refractivity contribution >= 4 is 17.5 Å². The van der Waals surface area contributed by atoms with E-state index < -0.39 is 0 Å². The molecule has 1 heterocycles. The van der Waals surface area contributed by atoms with Gasteiger partial charge in [-0.3, -0.25) is 4.79 Å². The van der Waals surface area contributed by atoms with Crippen molar-refractivity contribution in [2.24, 2.45) is 0 Å². The number of carbonyl (C=O) groups is 1. The summed E-state index contributed by atoms with van der Waals surface area (Å²) in [5, 5.41) is 0.241. The Balaban J connectivity index is 1.80. The molecule has 25 heavy (non-hydrogen) atoms. The zero-order chi connectivity index (χ0) is 17.5. The predicted molar refractivity (Wildman–Crippen MR) is 101 cm³/mol. The van der Waals surface area contributed by atoms with Gasteiger partial charge in [-0.2, -0.15) is 0 Å². The Morgan fingerprint density at radius 2 is 1.52 bits per heavy atom. The largest absolute Gasteiger partial charge is 0.334 e. The van der Waals surface area contributed by atoms with Crippen LogP contribution in [0.5, 0.6) is 0 Å². The molecule has 3 nitrogen and oxygen atoms in total. The van der Waals surface area contributed by atoms with E-state index in [9.17, 15) is 4.79 Å². The molecule has 0 bridgehead atoms. The number of nitrogens with zero attached hydrogens (tertiary/aromatic N) is 2. The Hall–Kier alpha value is -2.65. The van der Waals surface area contributed by atoms with E-state index in [1.165, 1.54) is 5.56 Å². The monoisotopic (exact) mass is 350 g/mol. The van der Waals surface area contributed by atoms with Crippen LogP contribution in [-0.4, -0.2) is 22.3 Å². The molecule has 0 N–H and O–H groups in total. The molecular weight excluding hydrogens is 332 g/mol. The SMILES string of the molecule is O=C(c1cccnc1Cl)N(CCc1ccccc1)Cc1ccccc1. The molecule has 0 fully saturated rings. The van der Waals surface area contributed by atoms with Gasteiger partial charge in [0, 0.05) is 19.3 Å². The molecular formula is C21H19ClN2O. The fraction of sp³-hybridized carbons (Fsp3) is 0.143. The molecule has 0 aliphatic heterocycles. The van der Waals surface area contributed by atoms with E-state index in [1.54, 1.807) is 18.3 Å². The Labute approximate surface area is 152 Å². The second-order valence-corrected chi connectivity index (χ2v) is 6.15. The second kappa shape index (κ2) is 8.45. The molecule has 0 atom stereocenters. The van der Waals surface area contributed by atoms with E-state index >= 15 is 0 Å². The molecule has 3 aromatic rings. The third kappa shape index (κ3) is 4.68. The number of hydrogen-bond acceptors (Lipinski definition) is 2. The summed E-state index contributed by atoms with van der Waals surface area (Å²) < 4.78 is 0. The van der Waals surface area contributed by atoms with E-state index in [-0.39, 0.29) is 11.1 Å². The summed E-state index contributed by atoms with van der Waals surface area (Å²) in [6.07, 6.45) is 2.38. The molecule has 4 heteroatoms. The van der Waals surface area contributed by atoms with Gasteiger partial charge in [0.25, 0.3) is 5.91 Å². The van der Waals surface area contributed by atoms with Crippen molar-refractivity contribution in [2.75, 3.05) is 6.54 Å². The van der Waals surface area contributed by atoms with E-state index in [1.807, 2.05) is 53.4 Å². The Kier molecular flexibility index (Phi) is 5.81. The highest BCUT2D eigenvalue weighted by Crippen LogP contribution is 2.17. The van der Waals surface area contributed by atoms with Gasteiger partial charge in [0.2, 0.25) is 0 Å². The van der Waals surface area contributed by atoms with Crippen LogP contribution in [0.2, 0.25) is 5.15 Å². The van der Waals surface area contributed by atoms with Gasteiger partial charge in [0.1, 0.15) is 5.15 Å². The molecule has 0 aliphatic carbocycles. The minimum atomic E-state index is -0.0992. The van der Waals surface area contributed by atoms with Gasteiger partial charge in [-0.25, -0.2) is 4.98 Å². The number of halogens is 1. The number of pyridine rings is 1. The number of carbonyl (C=O) groups excluding carboxylic acids is 1. The average molecular weight is 351 g/mol. The van der Waals surface area contributed by atoms with E-state index in [0.717, 1.165) is 12.0 Å². The van der Waals surface area contributed by atoms with Crippen LogP contribution >= 0.6 is 11.6 Å². The summed E-state index contributed by atoms with van der Waals surface area (Å²) in [6, 6.07) is 23.6. The first-order valence-corrected chi connectivity index (χ1v) is 8.59. The fourth-order valence-electron chi connectivity index (χ4n) is 2.68. The molecule has 1 aromatic heterocycles. The third-order valence-corrected chi connectivity index (χ3v) is 4.31. The van der Waals surface area contributed by atoms with Gasteiger partial charge in [0.05, 0.1) is 5.56 Å². The van der Waals surface area contributed by atoms with Crippen LogP contribution in [0.15, 0.2) is 79.0 Å². The van der Waals surface area contributed by atoms with Gasteiger partial charge in [0.15, 0.2) is 0 Å². The van der Waals surface area contributed by atoms with Crippen LogP contribution in [0.25, 0.3) is 0 Å². The highest BCUT2D eigenvalue weighted by molar-refractivity contribution is 6.32.